The number of anilines is 1. The lowest BCUT2D eigenvalue weighted by Gasteiger charge is -2.37. The van der Waals surface area contributed by atoms with Gasteiger partial charge in [-0.3, -0.25) is 4.79 Å². The molecule has 8 nitrogen and oxygen atoms in total. The fraction of sp³-hybridized carbons (Fsp3) is 0.458. The molecule has 0 aliphatic carbocycles. The Morgan fingerprint density at radius 3 is 2.03 bits per heavy atom. The molecule has 35 heavy (non-hydrogen) atoms. The summed E-state index contributed by atoms with van der Waals surface area (Å²) in [5.74, 6) is -0.764. The van der Waals surface area contributed by atoms with Crippen molar-refractivity contribution in [3.63, 3.8) is 0 Å². The molecule has 2 fully saturated rings. The van der Waals surface area contributed by atoms with E-state index in [4.69, 9.17) is 4.74 Å². The topological polar surface area (TPSA) is 101 Å². The van der Waals surface area contributed by atoms with Crippen LogP contribution < -0.4 is 4.90 Å². The molecule has 0 saturated carbocycles. The summed E-state index contributed by atoms with van der Waals surface area (Å²) >= 11 is 0. The van der Waals surface area contributed by atoms with Gasteiger partial charge in [0.2, 0.25) is 0 Å². The fourth-order valence-electron chi connectivity index (χ4n) is 4.61. The van der Waals surface area contributed by atoms with E-state index in [-0.39, 0.29) is 27.3 Å². The first-order valence-electron chi connectivity index (χ1n) is 11.4. The predicted molar refractivity (Wildman–Crippen MR) is 130 cm³/mol. The summed E-state index contributed by atoms with van der Waals surface area (Å²) in [6, 6.07) is 8.61. The molecule has 0 N–H and O–H groups in total. The lowest BCUT2D eigenvalue weighted by atomic mass is 9.88. The van der Waals surface area contributed by atoms with Crippen molar-refractivity contribution in [1.29, 1.82) is 0 Å². The molecule has 2 heterocycles. The summed E-state index contributed by atoms with van der Waals surface area (Å²) in [5.41, 5.74) is 1.50. The van der Waals surface area contributed by atoms with Crippen molar-refractivity contribution >= 4 is 31.3 Å². The second-order valence-corrected chi connectivity index (χ2v) is 13.1. The molecule has 1 amide bonds. The Kier molecular flexibility index (Phi) is 7.21. The van der Waals surface area contributed by atoms with Gasteiger partial charge in [-0.25, -0.2) is 21.2 Å². The Bertz CT molecular complexity index is 1330. The molecule has 2 saturated heterocycles. The van der Waals surface area contributed by atoms with Crippen LogP contribution in [0.2, 0.25) is 0 Å². The molecule has 4 rings (SSSR count). The van der Waals surface area contributed by atoms with Crippen LogP contribution in [0.5, 0.6) is 0 Å². The molecule has 2 aromatic carbocycles. The zero-order chi connectivity index (χ0) is 25.4. The fourth-order valence-corrected chi connectivity index (χ4v) is 5.89. The number of carbonyl (C=O) groups is 1. The highest BCUT2D eigenvalue weighted by molar-refractivity contribution is 7.91. The molecule has 0 atom stereocenters. The minimum absolute atomic E-state index is 0.0843. The number of hydrogen-bond acceptors (Lipinski definition) is 7. The highest BCUT2D eigenvalue weighted by atomic mass is 32.2. The molecule has 0 bridgehead atoms. The molecule has 2 aromatic rings. The largest absolute Gasteiger partial charge is 0.381 e. The number of ether oxygens (including phenoxy) is 1. The van der Waals surface area contributed by atoms with Crippen LogP contribution in [-0.2, 0) is 24.4 Å². The van der Waals surface area contributed by atoms with E-state index in [9.17, 15) is 26.0 Å². The lowest BCUT2D eigenvalue weighted by molar-refractivity contribution is 0.0732. The Morgan fingerprint density at radius 1 is 0.886 bits per heavy atom. The number of sulfone groups is 2. The molecule has 0 radical (unpaired) electrons. The third kappa shape index (κ3) is 5.68. The van der Waals surface area contributed by atoms with Gasteiger partial charge in [-0.1, -0.05) is 6.07 Å². The van der Waals surface area contributed by atoms with E-state index >= 15 is 0 Å². The number of nitrogens with zero attached hydrogens (tertiary/aromatic N) is 2. The number of halogens is 1. The number of piperazine rings is 1. The van der Waals surface area contributed by atoms with Crippen LogP contribution in [0.15, 0.2) is 46.2 Å². The quantitative estimate of drug-likeness (QED) is 0.592. The van der Waals surface area contributed by atoms with Crippen molar-refractivity contribution in [2.45, 2.75) is 28.6 Å². The van der Waals surface area contributed by atoms with Gasteiger partial charge in [0, 0.05) is 57.5 Å². The van der Waals surface area contributed by atoms with Gasteiger partial charge in [0.05, 0.1) is 15.5 Å². The maximum absolute atomic E-state index is 14.6. The van der Waals surface area contributed by atoms with E-state index in [1.165, 1.54) is 18.2 Å². The van der Waals surface area contributed by atoms with Gasteiger partial charge in [0.15, 0.2) is 19.7 Å². The van der Waals surface area contributed by atoms with Crippen molar-refractivity contribution in [2.75, 3.05) is 56.8 Å². The summed E-state index contributed by atoms with van der Waals surface area (Å²) in [4.78, 5) is 17.0. The molecule has 190 valence electrons. The first kappa shape index (κ1) is 25.6. The van der Waals surface area contributed by atoms with Gasteiger partial charge in [-0.2, -0.15) is 0 Å². The smallest absolute Gasteiger partial charge is 0.254 e. The average molecular weight is 525 g/mol. The second kappa shape index (κ2) is 9.87. The molecule has 0 aromatic heterocycles. The maximum Gasteiger partial charge on any atom is 0.254 e. The highest BCUT2D eigenvalue weighted by Crippen LogP contribution is 2.32. The monoisotopic (exact) mass is 524 g/mol. The molecule has 2 aliphatic heterocycles. The van der Waals surface area contributed by atoms with Gasteiger partial charge < -0.3 is 14.5 Å². The zero-order valence-electron chi connectivity index (χ0n) is 19.7. The van der Waals surface area contributed by atoms with Crippen LogP contribution in [0.25, 0.3) is 0 Å². The second-order valence-electron chi connectivity index (χ2n) is 9.07. The third-order valence-corrected chi connectivity index (χ3v) is 8.82. The Morgan fingerprint density at radius 2 is 1.46 bits per heavy atom. The van der Waals surface area contributed by atoms with Gasteiger partial charge in [0.25, 0.3) is 5.91 Å². The van der Waals surface area contributed by atoms with E-state index in [0.717, 1.165) is 37.0 Å². The number of amides is 1. The highest BCUT2D eigenvalue weighted by Gasteiger charge is 2.29. The van der Waals surface area contributed by atoms with E-state index in [0.29, 0.717) is 45.0 Å². The number of carbonyl (C=O) groups excluding carboxylic acids is 1. The van der Waals surface area contributed by atoms with Crippen LogP contribution in [0.1, 0.15) is 34.7 Å². The Hall–Kier alpha value is -2.50. The van der Waals surface area contributed by atoms with E-state index in [1.54, 1.807) is 21.9 Å². The summed E-state index contributed by atoms with van der Waals surface area (Å²) in [7, 11) is -7.00. The van der Waals surface area contributed by atoms with Crippen molar-refractivity contribution in [3.8, 4) is 0 Å². The molecular formula is C24H29FN2O6S2. The summed E-state index contributed by atoms with van der Waals surface area (Å²) in [6.45, 7) is 2.55. The summed E-state index contributed by atoms with van der Waals surface area (Å²) < 4.78 is 67.8. The van der Waals surface area contributed by atoms with Gasteiger partial charge in [-0.05, 0) is 54.7 Å². The summed E-state index contributed by atoms with van der Waals surface area (Å²) in [6.07, 6.45) is 3.66. The number of benzene rings is 2. The predicted octanol–water partition coefficient (Wildman–Crippen LogP) is 2.49. The van der Waals surface area contributed by atoms with Crippen LogP contribution in [0.3, 0.4) is 0 Å². The van der Waals surface area contributed by atoms with E-state index < -0.39 is 25.5 Å². The molecule has 0 spiro atoms. The Balaban J connectivity index is 1.55. The van der Waals surface area contributed by atoms with Gasteiger partial charge >= 0.3 is 0 Å². The normalized spacial score (nSPS) is 18.0. The van der Waals surface area contributed by atoms with Crippen LogP contribution in [0, 0.1) is 5.82 Å². The minimum atomic E-state index is -3.51. The van der Waals surface area contributed by atoms with E-state index in [2.05, 4.69) is 0 Å². The summed E-state index contributed by atoms with van der Waals surface area (Å²) in [5, 5.41) is 0. The first-order valence-corrected chi connectivity index (χ1v) is 15.2. The van der Waals surface area contributed by atoms with Crippen molar-refractivity contribution in [3.05, 3.63) is 53.3 Å². The maximum atomic E-state index is 14.6. The van der Waals surface area contributed by atoms with Gasteiger partial charge in [0.1, 0.15) is 5.82 Å². The van der Waals surface area contributed by atoms with Crippen molar-refractivity contribution in [1.82, 2.24) is 4.90 Å². The van der Waals surface area contributed by atoms with Crippen LogP contribution in [-0.4, -0.2) is 79.5 Å². The molecule has 0 unspecified atom stereocenters. The standard InChI is InChI=1S/C24H29FN2O6S2/c1-34(29,30)18-3-5-20(17-7-13-33-14-8-17)21(15-18)24(28)27-11-9-26(10-12-27)23-6-4-19(16-22(23)25)35(2,31)32/h3-6,15-17H,7-14H2,1-2H3. The zero-order valence-corrected chi connectivity index (χ0v) is 21.4. The number of hydrogen-bond donors (Lipinski definition) is 0. The van der Waals surface area contributed by atoms with E-state index in [1.807, 2.05) is 0 Å². The lowest BCUT2D eigenvalue weighted by Crippen LogP contribution is -2.49. The third-order valence-electron chi connectivity index (χ3n) is 6.60. The SMILES string of the molecule is CS(=O)(=O)c1ccc(N2CCN(C(=O)c3cc(S(C)(=O)=O)ccc3C3CCOCC3)CC2)c(F)c1. The first-order chi connectivity index (χ1) is 16.4. The van der Waals surface area contributed by atoms with Crippen molar-refractivity contribution in [2.24, 2.45) is 0 Å². The Labute approximate surface area is 205 Å². The molecular weight excluding hydrogens is 495 g/mol. The van der Waals surface area contributed by atoms with Gasteiger partial charge in [-0.15, -0.1) is 0 Å². The van der Waals surface area contributed by atoms with Crippen molar-refractivity contribution < 1.29 is 30.8 Å². The molecule has 11 heteroatoms. The molecule has 2 aliphatic rings. The minimum Gasteiger partial charge on any atom is -0.381 e. The number of rotatable bonds is 5. The van der Waals surface area contributed by atoms with Crippen LogP contribution in [0.4, 0.5) is 10.1 Å². The van der Waals surface area contributed by atoms with Crippen LogP contribution >= 0.6 is 0 Å². The average Bonchev–Trinajstić information content (AvgIpc) is 2.83.